The molecule has 9 nitrogen and oxygen atoms in total. The lowest BCUT2D eigenvalue weighted by Crippen LogP contribution is -2.52. The molecule has 1 fully saturated rings. The fourth-order valence-corrected chi connectivity index (χ4v) is 7.13. The summed E-state index contributed by atoms with van der Waals surface area (Å²) in [6.45, 7) is 5.83. The third-order valence-corrected chi connectivity index (χ3v) is 9.99. The highest BCUT2D eigenvalue weighted by Gasteiger charge is 2.34. The number of benzene rings is 4. The van der Waals surface area contributed by atoms with E-state index in [-0.39, 0.29) is 30.1 Å². The van der Waals surface area contributed by atoms with Crippen molar-refractivity contribution in [2.45, 2.75) is 25.9 Å². The van der Waals surface area contributed by atoms with Gasteiger partial charge in [0.05, 0.1) is 36.1 Å². The summed E-state index contributed by atoms with van der Waals surface area (Å²) in [6.07, 6.45) is 0.706. The Labute approximate surface area is 308 Å². The summed E-state index contributed by atoms with van der Waals surface area (Å²) in [4.78, 5) is 35.0. The number of anilines is 2. The molecule has 52 heavy (non-hydrogen) atoms. The Kier molecular flexibility index (Phi) is 10.8. The Morgan fingerprint density at radius 2 is 1.65 bits per heavy atom. The third kappa shape index (κ3) is 7.16. The predicted molar refractivity (Wildman–Crippen MR) is 200 cm³/mol. The van der Waals surface area contributed by atoms with Crippen molar-refractivity contribution >= 4 is 35.6 Å². The van der Waals surface area contributed by atoms with E-state index in [1.807, 2.05) is 17.0 Å². The predicted octanol–water partition coefficient (Wildman–Crippen LogP) is 7.02. The maximum atomic E-state index is 15.1. The molecule has 1 atom stereocenters. The van der Waals surface area contributed by atoms with Crippen molar-refractivity contribution in [2.24, 2.45) is 7.05 Å². The highest BCUT2D eigenvalue weighted by atomic mass is 35.5. The molecule has 0 saturated carbocycles. The minimum absolute atomic E-state index is 0. The topological polar surface area (TPSA) is 102 Å². The normalized spacial score (nSPS) is 15.7. The first-order chi connectivity index (χ1) is 24.7. The first-order valence-corrected chi connectivity index (χ1v) is 17.0. The maximum Gasteiger partial charge on any atom is 0.264 e. The molecule has 3 heterocycles. The van der Waals surface area contributed by atoms with E-state index in [9.17, 15) is 20.0 Å². The van der Waals surface area contributed by atoms with Crippen molar-refractivity contribution in [1.82, 2.24) is 14.4 Å². The van der Waals surface area contributed by atoms with Gasteiger partial charge in [0, 0.05) is 67.5 Å². The van der Waals surface area contributed by atoms with Crippen LogP contribution in [0.2, 0.25) is 0 Å². The number of amides is 2. The SMILES string of the molecule is Cc1c(C(=O)N(c2ccc(O)cc2)c2cccc(C#N)c2)cc(-c2cc(F)ccc2C(=O)N2Cc3ccccc3C[C@H]2CN2CCOCC2)n1C.Cl. The molecule has 7 rings (SSSR count). The Morgan fingerprint density at radius 1 is 0.923 bits per heavy atom. The van der Waals surface area contributed by atoms with Crippen molar-refractivity contribution in [3.05, 3.63) is 136 Å². The second kappa shape index (κ2) is 15.4. The summed E-state index contributed by atoms with van der Waals surface area (Å²) >= 11 is 0. The molecule has 1 aromatic heterocycles. The van der Waals surface area contributed by atoms with Gasteiger partial charge in [-0.25, -0.2) is 4.39 Å². The zero-order valence-corrected chi connectivity index (χ0v) is 29.8. The monoisotopic (exact) mass is 719 g/mol. The van der Waals surface area contributed by atoms with E-state index >= 15 is 4.39 Å². The molecule has 2 aliphatic rings. The molecule has 5 aromatic rings. The highest BCUT2D eigenvalue weighted by Crippen LogP contribution is 2.35. The molecule has 0 unspecified atom stereocenters. The molecule has 4 aromatic carbocycles. The molecule has 0 aliphatic carbocycles. The van der Waals surface area contributed by atoms with Crippen molar-refractivity contribution < 1.29 is 23.8 Å². The number of halogens is 2. The first-order valence-electron chi connectivity index (χ1n) is 17.0. The van der Waals surface area contributed by atoms with Gasteiger partial charge in [-0.2, -0.15) is 5.26 Å². The summed E-state index contributed by atoms with van der Waals surface area (Å²) < 4.78 is 22.5. The number of carbonyl (C=O) groups is 2. The van der Waals surface area contributed by atoms with Gasteiger partial charge in [0.1, 0.15) is 11.6 Å². The van der Waals surface area contributed by atoms with Gasteiger partial charge in [-0.15, -0.1) is 12.4 Å². The number of fused-ring (bicyclic) bond motifs is 1. The fraction of sp³-hybridized carbons (Fsp3) is 0.244. The van der Waals surface area contributed by atoms with Crippen LogP contribution >= 0.6 is 12.4 Å². The number of nitrogens with zero attached hydrogens (tertiary/aromatic N) is 5. The van der Waals surface area contributed by atoms with E-state index in [2.05, 4.69) is 23.1 Å². The summed E-state index contributed by atoms with van der Waals surface area (Å²) in [7, 11) is 1.79. The number of phenolic OH excluding ortho intramolecular Hbond substituents is 1. The van der Waals surface area contributed by atoms with Gasteiger partial charge in [-0.1, -0.05) is 30.3 Å². The minimum atomic E-state index is -0.499. The first kappa shape index (κ1) is 36.3. The number of morpholine rings is 1. The second-order valence-electron chi connectivity index (χ2n) is 13.1. The van der Waals surface area contributed by atoms with Crippen LogP contribution in [0.1, 0.15) is 43.1 Å². The van der Waals surface area contributed by atoms with Crippen LogP contribution in [-0.4, -0.2) is 70.2 Å². The summed E-state index contributed by atoms with van der Waals surface area (Å²) in [6, 6.07) is 29.1. The largest absolute Gasteiger partial charge is 0.508 e. The number of carbonyl (C=O) groups excluding carboxylic acids is 2. The molecule has 2 aliphatic heterocycles. The molecular weight excluding hydrogens is 681 g/mol. The van der Waals surface area contributed by atoms with Gasteiger partial charge < -0.3 is 19.3 Å². The summed E-state index contributed by atoms with van der Waals surface area (Å²) in [5.74, 6) is -1.05. The molecule has 0 bridgehead atoms. The van der Waals surface area contributed by atoms with E-state index in [0.717, 1.165) is 18.7 Å². The standard InChI is InChI=1S/C41H38FN5O4.ClH/c1-27-37(41(50)47(32-11-13-35(48)14-12-32)33-9-5-6-28(20-33)24-43)23-39(44(27)2)38-22-31(42)10-15-36(38)40(49)46-25-30-8-4-3-7-29(30)21-34(46)26-45-16-18-51-19-17-45;/h3-15,20,22-23,34,48H,16-19,21,25-26H2,1-2H3;1H/t34-;/m0./s1. The van der Waals surface area contributed by atoms with Crippen molar-refractivity contribution in [1.29, 1.82) is 5.26 Å². The Balaban J connectivity index is 0.00000464. The zero-order valence-electron chi connectivity index (χ0n) is 29.0. The summed E-state index contributed by atoms with van der Waals surface area (Å²) in [5, 5.41) is 19.6. The van der Waals surface area contributed by atoms with Crippen molar-refractivity contribution in [3.63, 3.8) is 0 Å². The van der Waals surface area contributed by atoms with Crippen LogP contribution in [0.3, 0.4) is 0 Å². The molecule has 2 amide bonds. The quantitative estimate of drug-likeness (QED) is 0.194. The smallest absolute Gasteiger partial charge is 0.264 e. The molecule has 1 N–H and O–H groups in total. The number of aromatic nitrogens is 1. The Hall–Kier alpha value is -5.47. The number of hydrogen-bond acceptors (Lipinski definition) is 6. The van der Waals surface area contributed by atoms with Crippen LogP contribution in [0.5, 0.6) is 5.75 Å². The van der Waals surface area contributed by atoms with Gasteiger partial charge in [0.25, 0.3) is 11.8 Å². The van der Waals surface area contributed by atoms with Crippen LogP contribution in [-0.2, 0) is 24.8 Å². The average molecular weight is 720 g/mol. The van der Waals surface area contributed by atoms with Gasteiger partial charge in [0.15, 0.2) is 0 Å². The van der Waals surface area contributed by atoms with E-state index in [4.69, 9.17) is 4.74 Å². The second-order valence-corrected chi connectivity index (χ2v) is 13.1. The highest BCUT2D eigenvalue weighted by molar-refractivity contribution is 6.12. The van der Waals surface area contributed by atoms with Gasteiger partial charge in [-0.05, 0) is 91.2 Å². The Morgan fingerprint density at radius 3 is 2.38 bits per heavy atom. The number of rotatable bonds is 7. The van der Waals surface area contributed by atoms with E-state index < -0.39 is 11.7 Å². The van der Waals surface area contributed by atoms with Crippen LogP contribution in [0.25, 0.3) is 11.3 Å². The van der Waals surface area contributed by atoms with Gasteiger partial charge in [0.2, 0.25) is 0 Å². The van der Waals surface area contributed by atoms with E-state index in [0.29, 0.717) is 77.7 Å². The zero-order chi connectivity index (χ0) is 35.6. The van der Waals surface area contributed by atoms with Crippen LogP contribution < -0.4 is 4.90 Å². The summed E-state index contributed by atoms with van der Waals surface area (Å²) in [5.41, 5.74) is 5.82. The van der Waals surface area contributed by atoms with Crippen LogP contribution in [0.4, 0.5) is 15.8 Å². The van der Waals surface area contributed by atoms with Gasteiger partial charge in [-0.3, -0.25) is 19.4 Å². The lowest BCUT2D eigenvalue weighted by Gasteiger charge is -2.40. The van der Waals surface area contributed by atoms with Gasteiger partial charge >= 0.3 is 0 Å². The van der Waals surface area contributed by atoms with Crippen molar-refractivity contribution in [3.8, 4) is 23.1 Å². The fourth-order valence-electron chi connectivity index (χ4n) is 7.13. The lowest BCUT2D eigenvalue weighted by atomic mass is 9.92. The van der Waals surface area contributed by atoms with E-state index in [1.165, 1.54) is 34.7 Å². The number of phenols is 1. The molecular formula is C41H39ClFN5O4. The Bertz CT molecular complexity index is 2160. The molecule has 0 radical (unpaired) electrons. The molecule has 1 saturated heterocycles. The van der Waals surface area contributed by atoms with Crippen molar-refractivity contribution in [2.75, 3.05) is 37.7 Å². The number of hydrogen-bond donors (Lipinski definition) is 1. The molecule has 266 valence electrons. The number of ether oxygens (including phenoxy) is 1. The number of aromatic hydroxyl groups is 1. The van der Waals surface area contributed by atoms with E-state index in [1.54, 1.807) is 67.1 Å². The molecule has 0 spiro atoms. The van der Waals surface area contributed by atoms with Crippen LogP contribution in [0.15, 0.2) is 97.1 Å². The maximum absolute atomic E-state index is 15.1. The third-order valence-electron chi connectivity index (χ3n) is 9.99. The molecule has 11 heteroatoms. The van der Waals surface area contributed by atoms with Crippen LogP contribution in [0, 0.1) is 24.1 Å². The minimum Gasteiger partial charge on any atom is -0.508 e. The lowest BCUT2D eigenvalue weighted by molar-refractivity contribution is 0.0193. The number of nitriles is 1. The average Bonchev–Trinajstić information content (AvgIpc) is 3.45.